The highest BCUT2D eigenvalue weighted by atomic mass is 35.5. The van der Waals surface area contributed by atoms with Gasteiger partial charge in [-0.2, -0.15) is 0 Å². The number of hydrogen-bond acceptors (Lipinski definition) is 3. The van der Waals surface area contributed by atoms with Crippen molar-refractivity contribution in [3.8, 4) is 5.75 Å². The lowest BCUT2D eigenvalue weighted by molar-refractivity contribution is -0.122. The number of anilines is 2. The molecule has 2 amide bonds. The molecule has 0 radical (unpaired) electrons. The zero-order valence-corrected chi connectivity index (χ0v) is 18.7. The van der Waals surface area contributed by atoms with Crippen molar-refractivity contribution in [3.63, 3.8) is 0 Å². The summed E-state index contributed by atoms with van der Waals surface area (Å²) in [5, 5.41) is 6.30. The summed E-state index contributed by atoms with van der Waals surface area (Å²) in [5.41, 5.74) is 4.97. The smallest absolute Gasteiger partial charge is 0.265 e. The van der Waals surface area contributed by atoms with Crippen molar-refractivity contribution >= 4 is 34.8 Å². The highest BCUT2D eigenvalue weighted by Gasteiger charge is 2.16. The molecule has 0 heterocycles. The van der Waals surface area contributed by atoms with Gasteiger partial charge in [0.1, 0.15) is 5.75 Å². The van der Waals surface area contributed by atoms with Crippen LogP contribution in [-0.4, -0.2) is 17.9 Å². The van der Waals surface area contributed by atoms with Gasteiger partial charge in [0.25, 0.3) is 11.8 Å². The Kier molecular flexibility index (Phi) is 6.98. The fourth-order valence-electron chi connectivity index (χ4n) is 2.94. The molecule has 0 spiro atoms. The fourth-order valence-corrected chi connectivity index (χ4v) is 3.12. The molecule has 1 atom stereocenters. The first-order valence-corrected chi connectivity index (χ1v) is 10.3. The first-order chi connectivity index (χ1) is 14.7. The quantitative estimate of drug-likeness (QED) is 0.503. The van der Waals surface area contributed by atoms with E-state index in [4.69, 9.17) is 16.3 Å². The van der Waals surface area contributed by atoms with Crippen molar-refractivity contribution < 1.29 is 14.3 Å². The van der Waals surface area contributed by atoms with Crippen LogP contribution in [0.5, 0.6) is 5.75 Å². The predicted molar refractivity (Wildman–Crippen MR) is 125 cm³/mol. The summed E-state index contributed by atoms with van der Waals surface area (Å²) in [6, 6.07) is 17.8. The molecule has 0 aromatic heterocycles. The molecule has 0 saturated heterocycles. The van der Waals surface area contributed by atoms with Gasteiger partial charge in [0.15, 0.2) is 6.10 Å². The van der Waals surface area contributed by atoms with E-state index in [1.807, 2.05) is 45.0 Å². The Bertz CT molecular complexity index is 1110. The van der Waals surface area contributed by atoms with E-state index in [2.05, 4.69) is 10.6 Å². The second kappa shape index (κ2) is 9.67. The summed E-state index contributed by atoms with van der Waals surface area (Å²) >= 11 is 6.10. The minimum Gasteiger partial charge on any atom is -0.481 e. The van der Waals surface area contributed by atoms with Crippen molar-refractivity contribution in [2.75, 3.05) is 10.6 Å². The molecule has 3 aromatic rings. The SMILES string of the molecule is Cc1ccc(NC(=O)C(C)Oc2ccc(C(=O)Nc3cccc(C)c3C)cc2)cc1Cl. The number of carbonyl (C=O) groups is 2. The zero-order valence-electron chi connectivity index (χ0n) is 18.0. The molecule has 2 N–H and O–H groups in total. The van der Waals surface area contributed by atoms with E-state index in [-0.39, 0.29) is 11.8 Å². The predicted octanol–water partition coefficient (Wildman–Crippen LogP) is 5.92. The Labute approximate surface area is 187 Å². The van der Waals surface area contributed by atoms with Gasteiger partial charge in [0.05, 0.1) is 0 Å². The van der Waals surface area contributed by atoms with Gasteiger partial charge in [0, 0.05) is 22.0 Å². The monoisotopic (exact) mass is 436 g/mol. The van der Waals surface area contributed by atoms with Crippen LogP contribution in [0.15, 0.2) is 60.7 Å². The van der Waals surface area contributed by atoms with E-state index in [1.54, 1.807) is 43.3 Å². The third kappa shape index (κ3) is 5.64. The lowest BCUT2D eigenvalue weighted by atomic mass is 10.1. The van der Waals surface area contributed by atoms with Gasteiger partial charge >= 0.3 is 0 Å². The molecule has 0 fully saturated rings. The normalized spacial score (nSPS) is 11.5. The molecule has 0 saturated carbocycles. The van der Waals surface area contributed by atoms with E-state index in [0.717, 1.165) is 22.4 Å². The largest absolute Gasteiger partial charge is 0.481 e. The molecular weight excluding hydrogens is 412 g/mol. The summed E-state index contributed by atoms with van der Waals surface area (Å²) in [7, 11) is 0. The summed E-state index contributed by atoms with van der Waals surface area (Å²) in [4.78, 5) is 25.0. The molecule has 6 heteroatoms. The highest BCUT2D eigenvalue weighted by Crippen LogP contribution is 2.22. The van der Waals surface area contributed by atoms with Crippen LogP contribution >= 0.6 is 11.6 Å². The first-order valence-electron chi connectivity index (χ1n) is 9.96. The summed E-state index contributed by atoms with van der Waals surface area (Å²) in [6.45, 7) is 7.53. The molecule has 0 aliphatic rings. The topological polar surface area (TPSA) is 67.4 Å². The maximum absolute atomic E-state index is 12.5. The average Bonchev–Trinajstić information content (AvgIpc) is 2.74. The van der Waals surface area contributed by atoms with Crippen LogP contribution in [0.2, 0.25) is 5.02 Å². The maximum atomic E-state index is 12.5. The Morgan fingerprint density at radius 1 is 0.903 bits per heavy atom. The Morgan fingerprint density at radius 3 is 2.29 bits per heavy atom. The van der Waals surface area contributed by atoms with Crippen LogP contribution in [0.4, 0.5) is 11.4 Å². The minimum atomic E-state index is -0.727. The first kappa shape index (κ1) is 22.4. The van der Waals surface area contributed by atoms with Crippen LogP contribution < -0.4 is 15.4 Å². The van der Waals surface area contributed by atoms with Gasteiger partial charge in [-0.25, -0.2) is 0 Å². The van der Waals surface area contributed by atoms with Crippen LogP contribution in [0, 0.1) is 20.8 Å². The van der Waals surface area contributed by atoms with E-state index in [1.165, 1.54) is 0 Å². The van der Waals surface area contributed by atoms with E-state index < -0.39 is 6.10 Å². The van der Waals surface area contributed by atoms with Crippen molar-refractivity contribution in [1.82, 2.24) is 0 Å². The van der Waals surface area contributed by atoms with Gasteiger partial charge < -0.3 is 15.4 Å². The molecule has 3 rings (SSSR count). The standard InChI is InChI=1S/C25H25ClN2O3/c1-15-6-5-7-23(17(15)3)28-25(30)19-9-12-21(13-10-19)31-18(4)24(29)27-20-11-8-16(2)22(26)14-20/h5-14,18H,1-4H3,(H,27,29)(H,28,30). The van der Waals surface area contributed by atoms with E-state index in [9.17, 15) is 9.59 Å². The summed E-state index contributed by atoms with van der Waals surface area (Å²) < 4.78 is 5.71. The van der Waals surface area contributed by atoms with Gasteiger partial charge in [-0.3, -0.25) is 9.59 Å². The molecule has 3 aromatic carbocycles. The van der Waals surface area contributed by atoms with Crippen LogP contribution in [-0.2, 0) is 4.79 Å². The van der Waals surface area contributed by atoms with Crippen molar-refractivity contribution in [3.05, 3.63) is 87.9 Å². The van der Waals surface area contributed by atoms with Crippen LogP contribution in [0.25, 0.3) is 0 Å². The number of benzene rings is 3. The molecule has 0 aliphatic carbocycles. The molecule has 1 unspecified atom stereocenters. The lowest BCUT2D eigenvalue weighted by Gasteiger charge is -2.15. The third-order valence-corrected chi connectivity index (χ3v) is 5.50. The number of hydrogen-bond donors (Lipinski definition) is 2. The molecule has 0 bridgehead atoms. The van der Waals surface area contributed by atoms with Crippen molar-refractivity contribution in [2.45, 2.75) is 33.8 Å². The summed E-state index contributed by atoms with van der Waals surface area (Å²) in [6.07, 6.45) is -0.727. The number of nitrogens with one attached hydrogen (secondary N) is 2. The Balaban J connectivity index is 1.60. The highest BCUT2D eigenvalue weighted by molar-refractivity contribution is 6.31. The maximum Gasteiger partial charge on any atom is 0.265 e. The second-order valence-electron chi connectivity index (χ2n) is 7.44. The van der Waals surface area contributed by atoms with Crippen LogP contribution in [0.1, 0.15) is 34.0 Å². The average molecular weight is 437 g/mol. The van der Waals surface area contributed by atoms with Gasteiger partial charge in [-0.15, -0.1) is 0 Å². The van der Waals surface area contributed by atoms with Gasteiger partial charge in [-0.05, 0) is 86.8 Å². The molecular formula is C25H25ClN2O3. The van der Waals surface area contributed by atoms with Crippen molar-refractivity contribution in [2.24, 2.45) is 0 Å². The molecule has 31 heavy (non-hydrogen) atoms. The Hall–Kier alpha value is -3.31. The number of halogens is 1. The minimum absolute atomic E-state index is 0.206. The summed E-state index contributed by atoms with van der Waals surface area (Å²) in [5.74, 6) is -0.00757. The van der Waals surface area contributed by atoms with E-state index in [0.29, 0.717) is 22.0 Å². The lowest BCUT2D eigenvalue weighted by Crippen LogP contribution is -2.30. The molecule has 0 aliphatic heterocycles. The van der Waals surface area contributed by atoms with Crippen molar-refractivity contribution in [1.29, 1.82) is 0 Å². The fraction of sp³-hybridized carbons (Fsp3) is 0.200. The number of aryl methyl sites for hydroxylation is 2. The molecule has 160 valence electrons. The number of amides is 2. The zero-order chi connectivity index (χ0) is 22.5. The number of carbonyl (C=O) groups excluding carboxylic acids is 2. The van der Waals surface area contributed by atoms with Gasteiger partial charge in [0.2, 0.25) is 0 Å². The number of ether oxygens (including phenoxy) is 1. The molecule has 5 nitrogen and oxygen atoms in total. The van der Waals surface area contributed by atoms with Gasteiger partial charge in [-0.1, -0.05) is 29.8 Å². The second-order valence-corrected chi connectivity index (χ2v) is 7.85. The number of rotatable bonds is 6. The third-order valence-electron chi connectivity index (χ3n) is 5.09. The Morgan fingerprint density at radius 2 is 1.61 bits per heavy atom. The van der Waals surface area contributed by atoms with E-state index >= 15 is 0 Å². The van der Waals surface area contributed by atoms with Crippen LogP contribution in [0.3, 0.4) is 0 Å².